The molecule has 2 N–H and O–H groups in total. The molecule has 40 heavy (non-hydrogen) atoms. The molecule has 3 aromatic heterocycles. The topological polar surface area (TPSA) is 118 Å². The molecule has 2 aliphatic rings. The number of urea groups is 1. The lowest BCUT2D eigenvalue weighted by atomic mass is 10.2. The van der Waals surface area contributed by atoms with Gasteiger partial charge in [0.25, 0.3) is 0 Å². The van der Waals surface area contributed by atoms with Crippen LogP contribution in [0.25, 0.3) is 22.1 Å². The zero-order valence-electron chi connectivity index (χ0n) is 22.0. The molecular weight excluding hydrogens is 528 g/mol. The van der Waals surface area contributed by atoms with Crippen LogP contribution < -0.4 is 15.5 Å². The minimum absolute atomic E-state index is 0.332. The van der Waals surface area contributed by atoms with Crippen LogP contribution in [0.3, 0.4) is 0 Å². The Hall–Kier alpha value is -3.97. The monoisotopic (exact) mass is 558 g/mol. The van der Waals surface area contributed by atoms with E-state index in [-0.39, 0.29) is 6.03 Å². The van der Waals surface area contributed by atoms with Gasteiger partial charge in [0.2, 0.25) is 5.95 Å². The fourth-order valence-corrected chi connectivity index (χ4v) is 5.49. The van der Waals surface area contributed by atoms with Gasteiger partial charge < -0.3 is 25.0 Å². The summed E-state index contributed by atoms with van der Waals surface area (Å²) in [5.74, 6) is 1.89. The highest BCUT2D eigenvalue weighted by Gasteiger charge is 2.19. The van der Waals surface area contributed by atoms with Crippen LogP contribution in [0.4, 0.5) is 22.1 Å². The van der Waals surface area contributed by atoms with Gasteiger partial charge in [-0.25, -0.2) is 9.78 Å². The Bertz CT molecular complexity index is 1420. The minimum Gasteiger partial charge on any atom is -0.379 e. The number of ether oxygens (including phenoxy) is 2. The summed E-state index contributed by atoms with van der Waals surface area (Å²) >= 11 is 1.71. The quantitative estimate of drug-likeness (QED) is 0.347. The first kappa shape index (κ1) is 26.3. The smallest absolute Gasteiger partial charge is 0.323 e. The maximum Gasteiger partial charge on any atom is 0.323 e. The van der Waals surface area contributed by atoms with Crippen molar-refractivity contribution in [2.24, 2.45) is 0 Å². The first-order chi connectivity index (χ1) is 19.7. The van der Waals surface area contributed by atoms with Crippen molar-refractivity contribution in [3.05, 3.63) is 65.8 Å². The number of rotatable bonds is 7. The van der Waals surface area contributed by atoms with Gasteiger partial charge >= 0.3 is 6.03 Å². The van der Waals surface area contributed by atoms with Gasteiger partial charge in [-0.2, -0.15) is 9.97 Å². The van der Waals surface area contributed by atoms with Crippen molar-refractivity contribution in [3.8, 4) is 22.1 Å². The Balaban J connectivity index is 1.22. The number of carbonyl (C=O) groups is 1. The van der Waals surface area contributed by atoms with Gasteiger partial charge in [-0.1, -0.05) is 0 Å². The van der Waals surface area contributed by atoms with E-state index >= 15 is 0 Å². The van der Waals surface area contributed by atoms with Crippen LogP contribution in [0.1, 0.15) is 4.88 Å². The molecule has 11 nitrogen and oxygen atoms in total. The summed E-state index contributed by atoms with van der Waals surface area (Å²) in [4.78, 5) is 37.7. The number of pyridine rings is 1. The highest BCUT2D eigenvalue weighted by Crippen LogP contribution is 2.30. The number of thiophene rings is 1. The standard InChI is InChI=1S/C28H30N8O3S/c37-28(31-22-7-9-29-10-8-22)30-21-3-1-20(2-4-21)25-32-26(34-27(33-25)36-13-17-39-18-14-36)24-6-5-23(40-24)19-35-11-15-38-16-12-35/h1-10H,11-19H2,(H2,29,30,31,37). The lowest BCUT2D eigenvalue weighted by Crippen LogP contribution is -2.37. The normalized spacial score (nSPS) is 16.1. The molecule has 5 heterocycles. The third-order valence-corrected chi connectivity index (χ3v) is 7.69. The summed E-state index contributed by atoms with van der Waals surface area (Å²) in [5, 5.41) is 5.64. The van der Waals surface area contributed by atoms with Crippen LogP contribution >= 0.6 is 11.3 Å². The van der Waals surface area contributed by atoms with Crippen LogP contribution in [0.5, 0.6) is 0 Å². The molecule has 0 aliphatic carbocycles. The lowest BCUT2D eigenvalue weighted by Gasteiger charge is -2.27. The third-order valence-electron chi connectivity index (χ3n) is 6.62. The molecule has 2 saturated heterocycles. The first-order valence-corrected chi connectivity index (χ1v) is 14.1. The SMILES string of the molecule is O=C(Nc1ccncc1)Nc1ccc(-c2nc(-c3ccc(CN4CCOCC4)s3)nc(N3CCOCC3)n2)cc1. The van der Waals surface area contributed by atoms with Crippen molar-refractivity contribution in [2.75, 3.05) is 68.1 Å². The fourth-order valence-electron chi connectivity index (χ4n) is 4.50. The number of amides is 2. The predicted octanol–water partition coefficient (Wildman–Crippen LogP) is 3.97. The maximum absolute atomic E-state index is 12.4. The predicted molar refractivity (Wildman–Crippen MR) is 155 cm³/mol. The average molecular weight is 559 g/mol. The number of hydrogen-bond acceptors (Lipinski definition) is 10. The van der Waals surface area contributed by atoms with E-state index in [1.165, 1.54) is 4.88 Å². The van der Waals surface area contributed by atoms with E-state index in [1.54, 1.807) is 35.9 Å². The Morgan fingerprint density at radius 3 is 2.15 bits per heavy atom. The number of hydrogen-bond donors (Lipinski definition) is 2. The van der Waals surface area contributed by atoms with Gasteiger partial charge in [-0.3, -0.25) is 9.88 Å². The molecule has 4 aromatic rings. The van der Waals surface area contributed by atoms with Gasteiger partial charge in [-0.15, -0.1) is 11.3 Å². The van der Waals surface area contributed by atoms with Crippen molar-refractivity contribution in [1.82, 2.24) is 24.8 Å². The number of anilines is 3. The highest BCUT2D eigenvalue weighted by atomic mass is 32.1. The Morgan fingerprint density at radius 2 is 1.43 bits per heavy atom. The van der Waals surface area contributed by atoms with Crippen LogP contribution in [0.15, 0.2) is 60.9 Å². The average Bonchev–Trinajstić information content (AvgIpc) is 3.47. The molecule has 0 saturated carbocycles. The second kappa shape index (κ2) is 12.5. The minimum atomic E-state index is -0.332. The molecule has 6 rings (SSSR count). The third kappa shape index (κ3) is 6.59. The first-order valence-electron chi connectivity index (χ1n) is 13.3. The molecule has 2 aliphatic heterocycles. The number of morpholine rings is 2. The Kier molecular flexibility index (Phi) is 8.19. The number of benzene rings is 1. The Morgan fingerprint density at radius 1 is 0.775 bits per heavy atom. The van der Waals surface area contributed by atoms with E-state index in [0.717, 1.165) is 56.4 Å². The second-order valence-electron chi connectivity index (χ2n) is 9.43. The van der Waals surface area contributed by atoms with Crippen molar-refractivity contribution < 1.29 is 14.3 Å². The molecule has 0 radical (unpaired) electrons. The van der Waals surface area contributed by atoms with Gasteiger partial charge in [0.15, 0.2) is 11.6 Å². The van der Waals surface area contributed by atoms with Crippen LogP contribution in [-0.4, -0.2) is 83.5 Å². The number of nitrogens with zero attached hydrogens (tertiary/aromatic N) is 6. The molecule has 2 amide bonds. The molecular formula is C28H30N8O3S. The highest BCUT2D eigenvalue weighted by molar-refractivity contribution is 7.15. The van der Waals surface area contributed by atoms with Crippen LogP contribution in [0.2, 0.25) is 0 Å². The summed E-state index contributed by atoms with van der Waals surface area (Å²) in [6, 6.07) is 14.9. The molecule has 1 aromatic carbocycles. The van der Waals surface area contributed by atoms with Gasteiger partial charge in [0.1, 0.15) is 0 Å². The summed E-state index contributed by atoms with van der Waals surface area (Å²) < 4.78 is 11.0. The zero-order valence-corrected chi connectivity index (χ0v) is 22.8. The van der Waals surface area contributed by atoms with Crippen LogP contribution in [0, 0.1) is 0 Å². The van der Waals surface area contributed by atoms with Crippen LogP contribution in [-0.2, 0) is 16.0 Å². The molecule has 0 bridgehead atoms. The second-order valence-corrected chi connectivity index (χ2v) is 10.6. The molecule has 2 fully saturated rings. The maximum atomic E-state index is 12.4. The van der Waals surface area contributed by atoms with Gasteiger partial charge in [0, 0.05) is 66.9 Å². The van der Waals surface area contributed by atoms with Gasteiger partial charge in [0.05, 0.1) is 31.3 Å². The van der Waals surface area contributed by atoms with E-state index in [4.69, 9.17) is 24.4 Å². The summed E-state index contributed by atoms with van der Waals surface area (Å²) in [7, 11) is 0. The van der Waals surface area contributed by atoms with Gasteiger partial charge in [-0.05, 0) is 48.5 Å². The molecule has 12 heteroatoms. The summed E-state index contributed by atoms with van der Waals surface area (Å²) in [6.07, 6.45) is 3.25. The van der Waals surface area contributed by atoms with E-state index in [2.05, 4.69) is 37.6 Å². The van der Waals surface area contributed by atoms with Crippen molar-refractivity contribution >= 4 is 34.7 Å². The fraction of sp³-hybridized carbons (Fsp3) is 0.321. The molecule has 0 atom stereocenters. The van der Waals surface area contributed by atoms with E-state index in [1.807, 2.05) is 24.3 Å². The van der Waals surface area contributed by atoms with Crippen molar-refractivity contribution in [1.29, 1.82) is 0 Å². The number of carbonyl (C=O) groups excluding carboxylic acids is 1. The molecule has 206 valence electrons. The van der Waals surface area contributed by atoms with Crippen molar-refractivity contribution in [2.45, 2.75) is 6.54 Å². The largest absolute Gasteiger partial charge is 0.379 e. The molecule has 0 spiro atoms. The van der Waals surface area contributed by atoms with E-state index in [0.29, 0.717) is 42.2 Å². The number of aromatic nitrogens is 4. The van der Waals surface area contributed by atoms with Crippen molar-refractivity contribution in [3.63, 3.8) is 0 Å². The van der Waals surface area contributed by atoms with E-state index in [9.17, 15) is 4.79 Å². The lowest BCUT2D eigenvalue weighted by molar-refractivity contribution is 0.0346. The summed E-state index contributed by atoms with van der Waals surface area (Å²) in [6.45, 7) is 7.08. The zero-order chi connectivity index (χ0) is 27.1. The molecule has 0 unspecified atom stereocenters. The Labute approximate surface area is 236 Å². The summed E-state index contributed by atoms with van der Waals surface area (Å²) in [5.41, 5.74) is 2.16. The number of nitrogens with one attached hydrogen (secondary N) is 2. The van der Waals surface area contributed by atoms with E-state index < -0.39 is 0 Å².